The number of carboxylic acid groups (broad SMARTS) is 1. The van der Waals surface area contributed by atoms with Gasteiger partial charge in [-0.1, -0.05) is 6.92 Å². The molecule has 0 unspecified atom stereocenters. The summed E-state index contributed by atoms with van der Waals surface area (Å²) in [5.74, 6) is -1.06. The summed E-state index contributed by atoms with van der Waals surface area (Å²) in [5, 5.41) is 8.72. The summed E-state index contributed by atoms with van der Waals surface area (Å²) in [4.78, 5) is 10.6. The molecule has 0 aliphatic carbocycles. The van der Waals surface area contributed by atoms with E-state index < -0.39 is 31.9 Å². The van der Waals surface area contributed by atoms with E-state index in [9.17, 15) is 21.6 Å². The molecule has 0 saturated heterocycles. The fraction of sp³-hybridized carbons (Fsp3) is 0.462. The van der Waals surface area contributed by atoms with Gasteiger partial charge in [-0.3, -0.25) is 4.79 Å². The van der Waals surface area contributed by atoms with Crippen molar-refractivity contribution in [3.05, 3.63) is 24.3 Å². The van der Waals surface area contributed by atoms with E-state index in [2.05, 4.69) is 0 Å². The van der Waals surface area contributed by atoms with E-state index in [-0.39, 0.29) is 23.0 Å². The maximum Gasteiger partial charge on any atom is 0.321 e. The van der Waals surface area contributed by atoms with E-state index in [0.717, 1.165) is 0 Å². The quantitative estimate of drug-likeness (QED) is 0.642. The van der Waals surface area contributed by atoms with Crippen molar-refractivity contribution in [1.29, 1.82) is 0 Å². The second-order valence-corrected chi connectivity index (χ2v) is 8.92. The van der Waals surface area contributed by atoms with Crippen LogP contribution in [0.4, 0.5) is 0 Å². The van der Waals surface area contributed by atoms with Crippen LogP contribution in [0.5, 0.6) is 5.75 Å². The number of sulfone groups is 1. The van der Waals surface area contributed by atoms with E-state index in [1.807, 2.05) is 4.72 Å². The van der Waals surface area contributed by atoms with Gasteiger partial charge in [0.05, 0.1) is 10.6 Å². The number of sulfonamides is 1. The summed E-state index contributed by atoms with van der Waals surface area (Å²) < 4.78 is 53.8. The molecular formula is C13H19NO7S2. The number of ether oxygens (including phenoxy) is 1. The lowest BCUT2D eigenvalue weighted by molar-refractivity contribution is -0.138. The van der Waals surface area contributed by atoms with Crippen LogP contribution in [0.15, 0.2) is 29.2 Å². The summed E-state index contributed by atoms with van der Waals surface area (Å²) in [6.45, 7) is 2.72. The van der Waals surface area contributed by atoms with Crippen molar-refractivity contribution in [2.75, 3.05) is 18.1 Å². The number of hydrogen-bond donors (Lipinski definition) is 2. The standard InChI is InChI=1S/C13H19NO7S2/c1-3-22(17,18)9-8-21-11-4-6-12(7-5-11)23(19,20)14-10(2)13(15)16/h4-7,10,14H,3,8-9H2,1-2H3,(H,15,16)/t10-/m0/s1. The molecule has 1 atom stereocenters. The number of benzene rings is 1. The van der Waals surface area contributed by atoms with Gasteiger partial charge in [-0.15, -0.1) is 0 Å². The van der Waals surface area contributed by atoms with Crippen LogP contribution in [0.2, 0.25) is 0 Å². The van der Waals surface area contributed by atoms with Crippen molar-refractivity contribution in [2.45, 2.75) is 24.8 Å². The van der Waals surface area contributed by atoms with Crippen molar-refractivity contribution in [1.82, 2.24) is 4.72 Å². The smallest absolute Gasteiger partial charge is 0.321 e. The lowest BCUT2D eigenvalue weighted by Crippen LogP contribution is -2.38. The molecule has 0 amide bonds. The van der Waals surface area contributed by atoms with Crippen LogP contribution in [0.3, 0.4) is 0 Å². The van der Waals surface area contributed by atoms with Crippen LogP contribution < -0.4 is 9.46 Å². The van der Waals surface area contributed by atoms with Gasteiger partial charge in [-0.25, -0.2) is 16.8 Å². The fourth-order valence-electron chi connectivity index (χ4n) is 1.50. The monoisotopic (exact) mass is 365 g/mol. The molecule has 1 aromatic carbocycles. The molecule has 0 saturated carbocycles. The number of carbonyl (C=O) groups is 1. The van der Waals surface area contributed by atoms with Crippen molar-refractivity contribution >= 4 is 25.8 Å². The highest BCUT2D eigenvalue weighted by Crippen LogP contribution is 2.16. The predicted molar refractivity (Wildman–Crippen MR) is 83.7 cm³/mol. The molecule has 2 N–H and O–H groups in total. The first kappa shape index (κ1) is 19.4. The maximum atomic E-state index is 11.9. The Labute approximate surface area is 135 Å². The molecule has 0 spiro atoms. The first-order valence-electron chi connectivity index (χ1n) is 6.76. The Morgan fingerprint density at radius 3 is 2.26 bits per heavy atom. The van der Waals surface area contributed by atoms with E-state index in [1.54, 1.807) is 6.92 Å². The topological polar surface area (TPSA) is 127 Å². The van der Waals surface area contributed by atoms with Gasteiger partial charge in [0.15, 0.2) is 9.84 Å². The van der Waals surface area contributed by atoms with Crippen LogP contribution in [0.25, 0.3) is 0 Å². The first-order valence-corrected chi connectivity index (χ1v) is 10.1. The van der Waals surface area contributed by atoms with Gasteiger partial charge >= 0.3 is 5.97 Å². The highest BCUT2D eigenvalue weighted by molar-refractivity contribution is 7.91. The fourth-order valence-corrected chi connectivity index (χ4v) is 3.32. The van der Waals surface area contributed by atoms with Crippen molar-refractivity contribution in [3.63, 3.8) is 0 Å². The number of hydrogen-bond acceptors (Lipinski definition) is 6. The second-order valence-electron chi connectivity index (χ2n) is 4.74. The Bertz CT molecular complexity index is 739. The zero-order chi connectivity index (χ0) is 17.7. The lowest BCUT2D eigenvalue weighted by atomic mass is 10.3. The molecule has 0 aliphatic rings. The number of aliphatic carboxylic acids is 1. The third kappa shape index (κ3) is 6.16. The minimum Gasteiger partial charge on any atom is -0.493 e. The molecule has 0 radical (unpaired) electrons. The minimum atomic E-state index is -3.95. The zero-order valence-electron chi connectivity index (χ0n) is 12.7. The van der Waals surface area contributed by atoms with Crippen LogP contribution >= 0.6 is 0 Å². The summed E-state index contributed by atoms with van der Waals surface area (Å²) in [6.07, 6.45) is 0. The average Bonchev–Trinajstić information content (AvgIpc) is 2.47. The summed E-state index contributed by atoms with van der Waals surface area (Å²) in [6, 6.07) is 3.99. The molecule has 0 heterocycles. The van der Waals surface area contributed by atoms with E-state index >= 15 is 0 Å². The molecule has 0 bridgehead atoms. The SMILES string of the molecule is CCS(=O)(=O)CCOc1ccc(S(=O)(=O)N[C@@H](C)C(=O)O)cc1. The maximum absolute atomic E-state index is 11.9. The lowest BCUT2D eigenvalue weighted by Gasteiger charge is -2.11. The van der Waals surface area contributed by atoms with Gasteiger partial charge in [-0.05, 0) is 31.2 Å². The molecule has 8 nitrogen and oxygen atoms in total. The minimum absolute atomic E-state index is 0.0287. The number of nitrogens with one attached hydrogen (secondary N) is 1. The third-order valence-electron chi connectivity index (χ3n) is 2.94. The van der Waals surface area contributed by atoms with Gasteiger partial charge in [0.2, 0.25) is 10.0 Å². The Morgan fingerprint density at radius 1 is 1.22 bits per heavy atom. The van der Waals surface area contributed by atoms with E-state index in [4.69, 9.17) is 9.84 Å². The van der Waals surface area contributed by atoms with Crippen molar-refractivity contribution < 1.29 is 31.5 Å². The van der Waals surface area contributed by atoms with Gasteiger partial charge < -0.3 is 9.84 Å². The van der Waals surface area contributed by atoms with Crippen LogP contribution in [-0.4, -0.2) is 52.1 Å². The molecule has 1 rings (SSSR count). The Hall–Kier alpha value is -1.65. The predicted octanol–water partition coefficient (Wildman–Crippen LogP) is 0.252. The first-order chi connectivity index (χ1) is 10.6. The van der Waals surface area contributed by atoms with Crippen molar-refractivity contribution in [3.8, 4) is 5.75 Å². The molecule has 0 aliphatic heterocycles. The van der Waals surface area contributed by atoms with Crippen LogP contribution in [0, 0.1) is 0 Å². The largest absolute Gasteiger partial charge is 0.493 e. The Kier molecular flexibility index (Phi) is 6.54. The Morgan fingerprint density at radius 2 is 1.78 bits per heavy atom. The summed E-state index contributed by atoms with van der Waals surface area (Å²) in [7, 11) is -7.08. The van der Waals surface area contributed by atoms with Crippen LogP contribution in [-0.2, 0) is 24.7 Å². The zero-order valence-corrected chi connectivity index (χ0v) is 14.4. The normalized spacial score (nSPS) is 13.5. The van der Waals surface area contributed by atoms with Gasteiger partial charge in [0.1, 0.15) is 18.4 Å². The summed E-state index contributed by atoms with van der Waals surface area (Å²) >= 11 is 0. The van der Waals surface area contributed by atoms with Gasteiger partial charge in [-0.2, -0.15) is 4.72 Å². The van der Waals surface area contributed by atoms with Gasteiger partial charge in [0, 0.05) is 5.75 Å². The molecule has 1 aromatic rings. The molecule has 130 valence electrons. The van der Waals surface area contributed by atoms with Gasteiger partial charge in [0.25, 0.3) is 0 Å². The van der Waals surface area contributed by atoms with E-state index in [0.29, 0.717) is 5.75 Å². The molecular weight excluding hydrogens is 346 g/mol. The highest BCUT2D eigenvalue weighted by Gasteiger charge is 2.21. The molecule has 0 aromatic heterocycles. The number of rotatable bonds is 9. The second kappa shape index (κ2) is 7.75. The van der Waals surface area contributed by atoms with Crippen molar-refractivity contribution in [2.24, 2.45) is 0 Å². The third-order valence-corrected chi connectivity index (χ3v) is 6.16. The van der Waals surface area contributed by atoms with Crippen LogP contribution in [0.1, 0.15) is 13.8 Å². The Balaban J connectivity index is 2.71. The van der Waals surface area contributed by atoms with E-state index in [1.165, 1.54) is 31.2 Å². The molecule has 23 heavy (non-hydrogen) atoms. The highest BCUT2D eigenvalue weighted by atomic mass is 32.2. The number of carboxylic acids is 1. The summed E-state index contributed by atoms with van der Waals surface area (Å²) in [5.41, 5.74) is 0. The molecule has 10 heteroatoms. The average molecular weight is 365 g/mol. The molecule has 0 fully saturated rings.